The maximum atomic E-state index is 3.54. The quantitative estimate of drug-likeness (QED) is 0.189. The highest BCUT2D eigenvalue weighted by atomic mass is 14.0. The number of hydrogen-bond acceptors (Lipinski definition) is 0. The third kappa shape index (κ3) is 19.6. The van der Waals surface area contributed by atoms with E-state index < -0.39 is 0 Å². The van der Waals surface area contributed by atoms with Crippen LogP contribution in [0.4, 0.5) is 0 Å². The van der Waals surface area contributed by atoms with Crippen molar-refractivity contribution in [1.29, 1.82) is 0 Å². The van der Waals surface area contributed by atoms with Gasteiger partial charge < -0.3 is 0 Å². The molecule has 0 heteroatoms. The Labute approximate surface area is 141 Å². The fraction of sp³-hybridized carbons (Fsp3) is 0.864. The lowest BCUT2D eigenvalue weighted by atomic mass is 10.0. The lowest BCUT2D eigenvalue weighted by molar-refractivity contribution is 0.528. The molecule has 1 radical (unpaired) electrons. The Morgan fingerprint density at radius 2 is 0.818 bits per heavy atom. The maximum absolute atomic E-state index is 3.54. The van der Waals surface area contributed by atoms with Gasteiger partial charge in [-0.1, -0.05) is 110 Å². The molecule has 0 nitrogen and oxygen atoms in total. The lowest BCUT2D eigenvalue weighted by Crippen LogP contribution is -1.83. The van der Waals surface area contributed by atoms with Gasteiger partial charge in [0, 0.05) is 13.3 Å². The molecule has 0 saturated carbocycles. The van der Waals surface area contributed by atoms with Gasteiger partial charge in [-0.25, -0.2) is 0 Å². The Balaban J connectivity index is 2.95. The predicted molar refractivity (Wildman–Crippen MR) is 102 cm³/mol. The molecule has 0 fully saturated rings. The Kier molecular flexibility index (Phi) is 20.1. The molecule has 22 heavy (non-hydrogen) atoms. The second-order valence-electron chi connectivity index (χ2n) is 6.76. The summed E-state index contributed by atoms with van der Waals surface area (Å²) in [5, 5.41) is 0. The third-order valence-electron chi connectivity index (χ3n) is 4.53. The minimum absolute atomic E-state index is 1.04. The smallest absolute Gasteiger partial charge is 0.0198 e. The molecule has 0 aromatic heterocycles. The van der Waals surface area contributed by atoms with Gasteiger partial charge in [-0.3, -0.25) is 0 Å². The highest BCUT2D eigenvalue weighted by Gasteiger charge is 1.94. The largest absolute Gasteiger partial charge is 0.103 e. The van der Waals surface area contributed by atoms with Crippen molar-refractivity contribution in [2.75, 3.05) is 0 Å². The normalized spacial score (nSPS) is 10.5. The monoisotopic (exact) mass is 305 g/mol. The molecular formula is C22H41. The number of rotatable bonds is 17. The van der Waals surface area contributed by atoms with Crippen LogP contribution in [0.15, 0.2) is 0 Å². The van der Waals surface area contributed by atoms with Crippen LogP contribution in [0.2, 0.25) is 0 Å². The maximum Gasteiger partial charge on any atom is 0.0198 e. The van der Waals surface area contributed by atoms with Gasteiger partial charge >= 0.3 is 0 Å². The van der Waals surface area contributed by atoms with Gasteiger partial charge in [-0.05, 0) is 6.42 Å². The Morgan fingerprint density at radius 1 is 0.500 bits per heavy atom. The fourth-order valence-electron chi connectivity index (χ4n) is 3.03. The summed E-state index contributed by atoms with van der Waals surface area (Å²) < 4.78 is 0. The molecule has 0 bridgehead atoms. The molecule has 0 rings (SSSR count). The molecule has 0 aromatic carbocycles. The van der Waals surface area contributed by atoms with Crippen molar-refractivity contribution < 1.29 is 0 Å². The molecule has 0 atom stereocenters. The second-order valence-corrected chi connectivity index (χ2v) is 6.76. The SMILES string of the molecule is [CH2]C#CCCCCCCCCCCCCCCCCCCC. The topological polar surface area (TPSA) is 0 Å². The van der Waals surface area contributed by atoms with Crippen LogP contribution in [-0.2, 0) is 0 Å². The van der Waals surface area contributed by atoms with Gasteiger partial charge in [0.2, 0.25) is 0 Å². The predicted octanol–water partition coefficient (Wildman–Crippen LogP) is 7.87. The molecule has 0 saturated heterocycles. The highest BCUT2D eigenvalue weighted by Crippen LogP contribution is 2.14. The van der Waals surface area contributed by atoms with E-state index >= 15 is 0 Å². The molecule has 0 aromatic rings. The first-order valence-electron chi connectivity index (χ1n) is 10.2. The van der Waals surface area contributed by atoms with Crippen LogP contribution < -0.4 is 0 Å². The van der Waals surface area contributed by atoms with Crippen LogP contribution in [0.3, 0.4) is 0 Å². The average Bonchev–Trinajstić information content (AvgIpc) is 2.54. The molecule has 0 aliphatic carbocycles. The van der Waals surface area contributed by atoms with Gasteiger partial charge in [0.25, 0.3) is 0 Å². The van der Waals surface area contributed by atoms with E-state index in [1.807, 2.05) is 0 Å². The second kappa shape index (κ2) is 20.6. The summed E-state index contributed by atoms with van der Waals surface area (Å²) in [5.74, 6) is 5.76. The zero-order valence-electron chi connectivity index (χ0n) is 15.4. The zero-order chi connectivity index (χ0) is 16.1. The van der Waals surface area contributed by atoms with Crippen molar-refractivity contribution in [2.45, 2.75) is 122 Å². The van der Waals surface area contributed by atoms with Gasteiger partial charge in [0.1, 0.15) is 0 Å². The number of hydrogen-bond donors (Lipinski definition) is 0. The minimum atomic E-state index is 1.04. The summed E-state index contributed by atoms with van der Waals surface area (Å²) in [6.07, 6.45) is 25.4. The van der Waals surface area contributed by atoms with Gasteiger partial charge in [-0.2, -0.15) is 0 Å². The van der Waals surface area contributed by atoms with E-state index in [1.165, 1.54) is 109 Å². The average molecular weight is 306 g/mol. The van der Waals surface area contributed by atoms with Crippen molar-refractivity contribution in [2.24, 2.45) is 0 Å². The Morgan fingerprint density at radius 3 is 1.14 bits per heavy atom. The first-order valence-corrected chi connectivity index (χ1v) is 10.2. The fourth-order valence-corrected chi connectivity index (χ4v) is 3.03. The van der Waals surface area contributed by atoms with Gasteiger partial charge in [0.15, 0.2) is 0 Å². The molecule has 0 heterocycles. The van der Waals surface area contributed by atoms with Gasteiger partial charge in [-0.15, -0.1) is 11.8 Å². The van der Waals surface area contributed by atoms with E-state index in [4.69, 9.17) is 0 Å². The van der Waals surface area contributed by atoms with Crippen LogP contribution in [-0.4, -0.2) is 0 Å². The first-order chi connectivity index (χ1) is 10.9. The van der Waals surface area contributed by atoms with E-state index in [-0.39, 0.29) is 0 Å². The zero-order valence-corrected chi connectivity index (χ0v) is 15.4. The summed E-state index contributed by atoms with van der Waals surface area (Å²) in [4.78, 5) is 0. The molecule has 0 aliphatic heterocycles. The summed E-state index contributed by atoms with van der Waals surface area (Å²) in [5.41, 5.74) is 0. The molecule has 129 valence electrons. The van der Waals surface area contributed by atoms with E-state index in [9.17, 15) is 0 Å². The Hall–Kier alpha value is -0.440. The van der Waals surface area contributed by atoms with Gasteiger partial charge in [0.05, 0.1) is 0 Å². The van der Waals surface area contributed by atoms with Crippen molar-refractivity contribution in [3.63, 3.8) is 0 Å². The van der Waals surface area contributed by atoms with E-state index in [0.717, 1.165) is 6.42 Å². The van der Waals surface area contributed by atoms with Crippen LogP contribution >= 0.6 is 0 Å². The molecule has 0 N–H and O–H groups in total. The first kappa shape index (κ1) is 21.6. The molecule has 0 amide bonds. The van der Waals surface area contributed by atoms with Crippen LogP contribution in [0.1, 0.15) is 122 Å². The third-order valence-corrected chi connectivity index (χ3v) is 4.53. The highest BCUT2D eigenvalue weighted by molar-refractivity contribution is 5.00. The van der Waals surface area contributed by atoms with Crippen molar-refractivity contribution in [1.82, 2.24) is 0 Å². The van der Waals surface area contributed by atoms with Crippen molar-refractivity contribution in [3.05, 3.63) is 6.92 Å². The molecular weight excluding hydrogens is 264 g/mol. The minimum Gasteiger partial charge on any atom is -0.103 e. The lowest BCUT2D eigenvalue weighted by Gasteiger charge is -2.03. The summed E-state index contributed by atoms with van der Waals surface area (Å²) in [6.45, 7) is 5.83. The molecule has 0 unspecified atom stereocenters. The Bertz CT molecular complexity index is 242. The summed E-state index contributed by atoms with van der Waals surface area (Å²) >= 11 is 0. The van der Waals surface area contributed by atoms with E-state index in [1.54, 1.807) is 0 Å². The number of unbranched alkanes of at least 4 members (excludes halogenated alkanes) is 17. The summed E-state index contributed by atoms with van der Waals surface area (Å²) in [6, 6.07) is 0. The standard InChI is InChI=1S/C22H41/c1-3-5-7-9-11-13-15-17-19-21-22-20-18-16-14-12-10-8-6-4-2/h1,4,6-22H2,2H3. The van der Waals surface area contributed by atoms with Crippen LogP contribution in [0, 0.1) is 18.8 Å². The molecule has 0 aliphatic rings. The molecule has 0 spiro atoms. The van der Waals surface area contributed by atoms with E-state index in [2.05, 4.69) is 25.7 Å². The van der Waals surface area contributed by atoms with Crippen LogP contribution in [0.25, 0.3) is 0 Å². The summed E-state index contributed by atoms with van der Waals surface area (Å²) in [7, 11) is 0. The van der Waals surface area contributed by atoms with E-state index in [0.29, 0.717) is 0 Å². The van der Waals surface area contributed by atoms with Crippen LogP contribution in [0.5, 0.6) is 0 Å². The van der Waals surface area contributed by atoms with Crippen molar-refractivity contribution in [3.8, 4) is 11.8 Å². The van der Waals surface area contributed by atoms with Crippen molar-refractivity contribution >= 4 is 0 Å².